The van der Waals surface area contributed by atoms with E-state index in [1.165, 1.54) is 24.8 Å². The first-order valence-electron chi connectivity index (χ1n) is 6.78. The molecule has 19 heavy (non-hydrogen) atoms. The van der Waals surface area contributed by atoms with Crippen LogP contribution in [0.25, 0.3) is 0 Å². The molecular weight excluding hydrogens is 238 g/mol. The fourth-order valence-corrected chi connectivity index (χ4v) is 2.69. The number of benzene rings is 1. The summed E-state index contributed by atoms with van der Waals surface area (Å²) in [7, 11) is 0. The topological polar surface area (TPSA) is 70.8 Å². The van der Waals surface area contributed by atoms with Crippen molar-refractivity contribution in [2.24, 2.45) is 5.92 Å². The third-order valence-corrected chi connectivity index (χ3v) is 3.76. The van der Waals surface area contributed by atoms with Crippen LogP contribution in [0.1, 0.15) is 18.4 Å². The van der Waals surface area contributed by atoms with Crippen LogP contribution in [-0.2, 0) is 6.42 Å². The number of piperidine rings is 1. The molecule has 0 aliphatic carbocycles. The van der Waals surface area contributed by atoms with Gasteiger partial charge in [0, 0.05) is 13.1 Å². The molecule has 2 heterocycles. The fraction of sp³-hybridized carbons (Fsp3) is 0.429. The van der Waals surface area contributed by atoms with Gasteiger partial charge in [-0.05, 0) is 30.7 Å². The van der Waals surface area contributed by atoms with Gasteiger partial charge in [-0.3, -0.25) is 0 Å². The summed E-state index contributed by atoms with van der Waals surface area (Å²) in [6, 6.07) is 10.7. The van der Waals surface area contributed by atoms with Gasteiger partial charge in [0.05, 0.1) is 0 Å². The van der Waals surface area contributed by atoms with Crippen molar-refractivity contribution in [1.29, 1.82) is 0 Å². The molecule has 0 unspecified atom stereocenters. The van der Waals surface area contributed by atoms with Crippen molar-refractivity contribution in [3.05, 3.63) is 35.9 Å². The Morgan fingerprint density at radius 2 is 1.95 bits per heavy atom. The number of nitrogens with one attached hydrogen (secondary N) is 1. The molecule has 1 aliphatic rings. The minimum absolute atomic E-state index is 0.390. The molecule has 0 spiro atoms. The molecule has 5 nitrogen and oxygen atoms in total. The van der Waals surface area contributed by atoms with E-state index in [-0.39, 0.29) is 0 Å². The van der Waals surface area contributed by atoms with Crippen molar-refractivity contribution in [3.63, 3.8) is 0 Å². The molecular formula is C14H19N5. The largest absolute Gasteiger partial charge is 0.368 e. The second-order valence-electron chi connectivity index (χ2n) is 5.14. The third-order valence-electron chi connectivity index (χ3n) is 3.76. The SMILES string of the molecule is Nc1nc(N2CCC(Cc3ccccc3)CC2)n[nH]1. The number of nitrogens with zero attached hydrogens (tertiary/aromatic N) is 3. The van der Waals surface area contributed by atoms with E-state index in [9.17, 15) is 0 Å². The first-order chi connectivity index (χ1) is 9.31. The summed E-state index contributed by atoms with van der Waals surface area (Å²) < 4.78 is 0. The van der Waals surface area contributed by atoms with Gasteiger partial charge in [-0.2, -0.15) is 4.98 Å². The molecule has 0 atom stereocenters. The Labute approximate surface area is 112 Å². The quantitative estimate of drug-likeness (QED) is 0.880. The Balaban J connectivity index is 1.55. The predicted octanol–water partition coefficient (Wildman–Crippen LogP) is 1.85. The van der Waals surface area contributed by atoms with Gasteiger partial charge >= 0.3 is 0 Å². The number of H-pyrrole nitrogens is 1. The zero-order valence-electron chi connectivity index (χ0n) is 10.9. The molecule has 0 saturated carbocycles. The minimum Gasteiger partial charge on any atom is -0.368 e. The zero-order chi connectivity index (χ0) is 13.1. The highest BCUT2D eigenvalue weighted by molar-refractivity contribution is 5.34. The molecule has 5 heteroatoms. The molecule has 1 aromatic heterocycles. The minimum atomic E-state index is 0.390. The van der Waals surface area contributed by atoms with Gasteiger partial charge in [-0.25, -0.2) is 5.10 Å². The molecule has 100 valence electrons. The second-order valence-corrected chi connectivity index (χ2v) is 5.14. The molecule has 3 N–H and O–H groups in total. The predicted molar refractivity (Wildman–Crippen MR) is 75.9 cm³/mol. The lowest BCUT2D eigenvalue weighted by atomic mass is 9.90. The summed E-state index contributed by atoms with van der Waals surface area (Å²) in [6.07, 6.45) is 3.54. The monoisotopic (exact) mass is 257 g/mol. The molecule has 0 amide bonds. The molecule has 1 fully saturated rings. The van der Waals surface area contributed by atoms with E-state index in [0.717, 1.165) is 25.0 Å². The van der Waals surface area contributed by atoms with Crippen LogP contribution >= 0.6 is 0 Å². The van der Waals surface area contributed by atoms with Crippen molar-refractivity contribution in [3.8, 4) is 0 Å². The summed E-state index contributed by atoms with van der Waals surface area (Å²) >= 11 is 0. The summed E-state index contributed by atoms with van der Waals surface area (Å²) in [5.74, 6) is 1.88. The lowest BCUT2D eigenvalue weighted by Crippen LogP contribution is -2.35. The average molecular weight is 257 g/mol. The number of nitrogen functional groups attached to an aromatic ring is 1. The second kappa shape index (κ2) is 5.30. The standard InChI is InChI=1S/C14H19N5/c15-13-16-14(18-17-13)19-8-6-12(7-9-19)10-11-4-2-1-3-5-11/h1-5,12H,6-10H2,(H3,15,16,17,18). The number of nitrogens with two attached hydrogens (primary N) is 1. The molecule has 2 aromatic rings. The summed E-state index contributed by atoms with van der Waals surface area (Å²) in [6.45, 7) is 2.02. The molecule has 3 rings (SSSR count). The normalized spacial score (nSPS) is 16.7. The first-order valence-corrected chi connectivity index (χ1v) is 6.78. The number of hydrogen-bond acceptors (Lipinski definition) is 4. The van der Waals surface area contributed by atoms with Crippen molar-refractivity contribution in [2.75, 3.05) is 23.7 Å². The Hall–Kier alpha value is -2.04. The molecule has 0 radical (unpaired) electrons. The van der Waals surface area contributed by atoms with Gasteiger partial charge in [0.1, 0.15) is 0 Å². The number of hydrogen-bond donors (Lipinski definition) is 2. The maximum Gasteiger partial charge on any atom is 0.246 e. The van der Waals surface area contributed by atoms with E-state index in [2.05, 4.69) is 50.4 Å². The van der Waals surface area contributed by atoms with Gasteiger partial charge in [-0.15, -0.1) is 5.10 Å². The molecule has 1 aromatic carbocycles. The van der Waals surface area contributed by atoms with E-state index in [0.29, 0.717) is 5.95 Å². The highest BCUT2D eigenvalue weighted by atomic mass is 15.4. The van der Waals surface area contributed by atoms with E-state index in [1.807, 2.05) is 0 Å². The van der Waals surface area contributed by atoms with E-state index < -0.39 is 0 Å². The summed E-state index contributed by atoms with van der Waals surface area (Å²) in [5.41, 5.74) is 6.99. The lowest BCUT2D eigenvalue weighted by Gasteiger charge is -2.31. The zero-order valence-corrected chi connectivity index (χ0v) is 10.9. The van der Waals surface area contributed by atoms with Gasteiger partial charge in [0.25, 0.3) is 0 Å². The van der Waals surface area contributed by atoms with Crippen LogP contribution in [0, 0.1) is 5.92 Å². The first kappa shape index (κ1) is 12.0. The van der Waals surface area contributed by atoms with Gasteiger partial charge in [0.15, 0.2) is 0 Å². The van der Waals surface area contributed by atoms with Crippen LogP contribution in [0.5, 0.6) is 0 Å². The van der Waals surface area contributed by atoms with Crippen LogP contribution < -0.4 is 10.6 Å². The van der Waals surface area contributed by atoms with Crippen molar-refractivity contribution in [2.45, 2.75) is 19.3 Å². The fourth-order valence-electron chi connectivity index (χ4n) is 2.69. The Bertz CT molecular complexity index is 514. The van der Waals surface area contributed by atoms with Crippen LogP contribution in [0.15, 0.2) is 30.3 Å². The average Bonchev–Trinajstić information content (AvgIpc) is 2.87. The van der Waals surface area contributed by atoms with Crippen LogP contribution in [-0.4, -0.2) is 28.3 Å². The molecule has 1 aliphatic heterocycles. The van der Waals surface area contributed by atoms with Gasteiger partial charge < -0.3 is 10.6 Å². The maximum atomic E-state index is 5.56. The van der Waals surface area contributed by atoms with Crippen molar-refractivity contribution < 1.29 is 0 Å². The Kier molecular flexibility index (Phi) is 3.35. The highest BCUT2D eigenvalue weighted by Crippen LogP contribution is 2.23. The van der Waals surface area contributed by atoms with Crippen LogP contribution in [0.3, 0.4) is 0 Å². The van der Waals surface area contributed by atoms with E-state index >= 15 is 0 Å². The van der Waals surface area contributed by atoms with Crippen LogP contribution in [0.4, 0.5) is 11.9 Å². The number of rotatable bonds is 3. The smallest absolute Gasteiger partial charge is 0.246 e. The molecule has 0 bridgehead atoms. The maximum absolute atomic E-state index is 5.56. The van der Waals surface area contributed by atoms with E-state index in [4.69, 9.17) is 5.73 Å². The van der Waals surface area contributed by atoms with Gasteiger partial charge in [0.2, 0.25) is 11.9 Å². The number of anilines is 2. The van der Waals surface area contributed by atoms with Gasteiger partial charge in [-0.1, -0.05) is 30.3 Å². The summed E-state index contributed by atoms with van der Waals surface area (Å²) in [5, 5.41) is 6.81. The van der Waals surface area contributed by atoms with E-state index in [1.54, 1.807) is 0 Å². The number of aromatic amines is 1. The Morgan fingerprint density at radius 1 is 1.21 bits per heavy atom. The van der Waals surface area contributed by atoms with Crippen molar-refractivity contribution in [1.82, 2.24) is 15.2 Å². The van der Waals surface area contributed by atoms with Crippen molar-refractivity contribution >= 4 is 11.9 Å². The van der Waals surface area contributed by atoms with Crippen LogP contribution in [0.2, 0.25) is 0 Å². The highest BCUT2D eigenvalue weighted by Gasteiger charge is 2.21. The lowest BCUT2D eigenvalue weighted by molar-refractivity contribution is 0.401. The summed E-state index contributed by atoms with van der Waals surface area (Å²) in [4.78, 5) is 6.38. The third kappa shape index (κ3) is 2.86. The molecule has 1 saturated heterocycles. The number of aromatic nitrogens is 3. The Morgan fingerprint density at radius 3 is 2.58 bits per heavy atom.